The van der Waals surface area contributed by atoms with Gasteiger partial charge in [-0.05, 0) is 13.8 Å². The zero-order valence-electron chi connectivity index (χ0n) is 7.76. The van der Waals surface area contributed by atoms with Gasteiger partial charge >= 0.3 is 0 Å². The molecule has 0 N–H and O–H groups in total. The van der Waals surface area contributed by atoms with Gasteiger partial charge in [0.15, 0.2) is 0 Å². The smallest absolute Gasteiger partial charge is 0.147 e. The van der Waals surface area contributed by atoms with Gasteiger partial charge in [-0.15, -0.1) is 0 Å². The van der Waals surface area contributed by atoms with Gasteiger partial charge < -0.3 is 14.2 Å². The highest BCUT2D eigenvalue weighted by molar-refractivity contribution is 4.87. The van der Waals surface area contributed by atoms with E-state index in [0.29, 0.717) is 20.0 Å². The third-order valence-corrected chi connectivity index (χ3v) is 1.56. The van der Waals surface area contributed by atoms with Crippen LogP contribution in [-0.4, -0.2) is 32.2 Å². The van der Waals surface area contributed by atoms with E-state index in [1.54, 1.807) is 0 Å². The average Bonchev–Trinajstić information content (AvgIpc) is 2.67. The van der Waals surface area contributed by atoms with Crippen LogP contribution in [0, 0.1) is 0 Å². The first-order valence-electron chi connectivity index (χ1n) is 4.06. The summed E-state index contributed by atoms with van der Waals surface area (Å²) >= 11 is 0. The summed E-state index contributed by atoms with van der Waals surface area (Å²) in [6, 6.07) is 0. The van der Waals surface area contributed by atoms with Crippen molar-refractivity contribution in [2.75, 3.05) is 26.6 Å². The Labute approximate surface area is 73.3 Å². The minimum atomic E-state index is -0.0351. The van der Waals surface area contributed by atoms with Crippen molar-refractivity contribution in [2.24, 2.45) is 0 Å². The topological polar surface area (TPSA) is 31.0 Å². The molecule has 1 aliphatic heterocycles. The fraction of sp³-hybridized carbons (Fsp3) is 0.778. The van der Waals surface area contributed by atoms with Gasteiger partial charge in [0.1, 0.15) is 12.4 Å². The van der Waals surface area contributed by atoms with Gasteiger partial charge in [-0.25, -0.2) is 0 Å². The maximum absolute atomic E-state index is 5.22. The van der Waals surface area contributed by atoms with Crippen molar-refractivity contribution in [1.29, 1.82) is 0 Å². The molecule has 0 bridgehead atoms. The van der Waals surface area contributed by atoms with E-state index in [1.165, 1.54) is 0 Å². The molecular formula is C9H16O3. The number of ether oxygens (including phenoxy) is 3. The number of rotatable bonds is 6. The number of epoxide rings is 1. The van der Waals surface area contributed by atoms with Crippen molar-refractivity contribution in [3.8, 4) is 0 Å². The second-order valence-corrected chi connectivity index (χ2v) is 3.51. The molecule has 3 nitrogen and oxygen atoms in total. The fourth-order valence-corrected chi connectivity index (χ4v) is 0.739. The van der Waals surface area contributed by atoms with Crippen molar-refractivity contribution >= 4 is 0 Å². The lowest BCUT2D eigenvalue weighted by molar-refractivity contribution is -0.0597. The van der Waals surface area contributed by atoms with E-state index in [1.807, 2.05) is 13.8 Å². The van der Waals surface area contributed by atoms with Gasteiger partial charge in [-0.3, -0.25) is 0 Å². The molecule has 1 unspecified atom stereocenters. The molecule has 1 heterocycles. The predicted octanol–water partition coefficient (Wildman–Crippen LogP) is 1.34. The molecule has 0 aromatic rings. The molecule has 1 aliphatic rings. The first-order chi connectivity index (χ1) is 5.62. The lowest BCUT2D eigenvalue weighted by Crippen LogP contribution is -2.16. The number of hydrogen-bond acceptors (Lipinski definition) is 3. The van der Waals surface area contributed by atoms with E-state index in [2.05, 4.69) is 6.58 Å². The average molecular weight is 172 g/mol. The first-order valence-corrected chi connectivity index (χ1v) is 4.06. The molecule has 0 amide bonds. The molecule has 0 aromatic carbocycles. The van der Waals surface area contributed by atoms with E-state index < -0.39 is 0 Å². The molecule has 1 atom stereocenters. The van der Waals surface area contributed by atoms with Crippen molar-refractivity contribution < 1.29 is 14.2 Å². The van der Waals surface area contributed by atoms with Crippen molar-refractivity contribution in [3.05, 3.63) is 12.2 Å². The summed E-state index contributed by atoms with van der Waals surface area (Å²) in [7, 11) is 0. The Morgan fingerprint density at radius 3 is 2.75 bits per heavy atom. The Balaban J connectivity index is 1.86. The van der Waals surface area contributed by atoms with E-state index in [4.69, 9.17) is 14.2 Å². The Hall–Kier alpha value is -0.380. The van der Waals surface area contributed by atoms with Gasteiger partial charge in [0.05, 0.1) is 19.8 Å². The van der Waals surface area contributed by atoms with Crippen LogP contribution in [0.15, 0.2) is 12.2 Å². The van der Waals surface area contributed by atoms with Crippen LogP contribution in [0.1, 0.15) is 13.8 Å². The van der Waals surface area contributed by atoms with Crippen LogP contribution in [0.2, 0.25) is 0 Å². The highest BCUT2D eigenvalue weighted by Gasteiger charge is 2.39. The molecular weight excluding hydrogens is 156 g/mol. The van der Waals surface area contributed by atoms with Crippen molar-refractivity contribution in [3.63, 3.8) is 0 Å². The highest BCUT2D eigenvalue weighted by atomic mass is 16.7. The fourth-order valence-electron chi connectivity index (χ4n) is 0.739. The van der Waals surface area contributed by atoms with Crippen LogP contribution in [0.3, 0.4) is 0 Å². The second kappa shape index (κ2) is 4.03. The van der Waals surface area contributed by atoms with E-state index in [9.17, 15) is 0 Å². The van der Waals surface area contributed by atoms with Gasteiger partial charge in [-0.2, -0.15) is 0 Å². The maximum Gasteiger partial charge on any atom is 0.147 e. The Kier molecular flexibility index (Phi) is 3.26. The minimum absolute atomic E-state index is 0.0351. The summed E-state index contributed by atoms with van der Waals surface area (Å²) in [4.78, 5) is 0. The van der Waals surface area contributed by atoms with Gasteiger partial charge in [0.2, 0.25) is 0 Å². The van der Waals surface area contributed by atoms with Crippen LogP contribution >= 0.6 is 0 Å². The lowest BCUT2D eigenvalue weighted by Gasteiger charge is -2.07. The summed E-state index contributed by atoms with van der Waals surface area (Å²) in [5, 5.41) is 0. The second-order valence-electron chi connectivity index (χ2n) is 3.51. The minimum Gasteiger partial charge on any atom is -0.367 e. The zero-order valence-corrected chi connectivity index (χ0v) is 7.76. The molecule has 70 valence electrons. The van der Waals surface area contributed by atoms with E-state index in [0.717, 1.165) is 12.2 Å². The summed E-state index contributed by atoms with van der Waals surface area (Å²) in [5.74, 6) is 0. The monoisotopic (exact) mass is 172 g/mol. The van der Waals surface area contributed by atoms with Gasteiger partial charge in [0, 0.05) is 0 Å². The Morgan fingerprint density at radius 1 is 1.58 bits per heavy atom. The zero-order chi connectivity index (χ0) is 9.03. The maximum atomic E-state index is 5.22. The lowest BCUT2D eigenvalue weighted by atomic mass is 10.2. The summed E-state index contributed by atoms with van der Waals surface area (Å²) in [5.41, 5.74) is 0.972. The normalized spacial score (nSPS) is 27.2. The molecule has 0 aliphatic carbocycles. The van der Waals surface area contributed by atoms with Crippen molar-refractivity contribution in [1.82, 2.24) is 0 Å². The van der Waals surface area contributed by atoms with Crippen LogP contribution in [0.4, 0.5) is 0 Å². The molecule has 1 rings (SSSR count). The third kappa shape index (κ3) is 3.85. The van der Waals surface area contributed by atoms with Crippen LogP contribution < -0.4 is 0 Å². The quantitative estimate of drug-likeness (QED) is 0.262. The van der Waals surface area contributed by atoms with E-state index >= 15 is 0 Å². The summed E-state index contributed by atoms with van der Waals surface area (Å²) in [6.07, 6.45) is 0. The summed E-state index contributed by atoms with van der Waals surface area (Å²) < 4.78 is 15.5. The van der Waals surface area contributed by atoms with Crippen LogP contribution in [0.25, 0.3) is 0 Å². The van der Waals surface area contributed by atoms with Gasteiger partial charge in [-0.1, -0.05) is 12.2 Å². The van der Waals surface area contributed by atoms with Gasteiger partial charge in [0.25, 0.3) is 0 Å². The standard InChI is InChI=1S/C9H16O3/c1-8(2)4-10-7-11-5-9(3)6-12-9/h1,4-7H2,2-3H3. The van der Waals surface area contributed by atoms with Crippen molar-refractivity contribution in [2.45, 2.75) is 19.4 Å². The molecule has 0 spiro atoms. The van der Waals surface area contributed by atoms with Crippen LogP contribution in [0.5, 0.6) is 0 Å². The molecule has 1 saturated heterocycles. The molecule has 3 heteroatoms. The SMILES string of the molecule is C=C(C)COCOCC1(C)CO1. The predicted molar refractivity (Wildman–Crippen MR) is 45.9 cm³/mol. The highest BCUT2D eigenvalue weighted by Crippen LogP contribution is 2.25. The first kappa shape index (κ1) is 9.71. The number of hydrogen-bond donors (Lipinski definition) is 0. The molecule has 0 aromatic heterocycles. The molecule has 12 heavy (non-hydrogen) atoms. The largest absolute Gasteiger partial charge is 0.367 e. The Bertz CT molecular complexity index is 161. The third-order valence-electron chi connectivity index (χ3n) is 1.56. The molecule has 0 radical (unpaired) electrons. The van der Waals surface area contributed by atoms with E-state index in [-0.39, 0.29) is 5.60 Å². The molecule has 0 saturated carbocycles. The van der Waals surface area contributed by atoms with Crippen LogP contribution in [-0.2, 0) is 14.2 Å². The molecule has 1 fully saturated rings. The Morgan fingerprint density at radius 2 is 2.25 bits per heavy atom. The summed E-state index contributed by atoms with van der Waals surface area (Å²) in [6.45, 7) is 9.96.